The van der Waals surface area contributed by atoms with Gasteiger partial charge in [0, 0.05) is 38.2 Å². The van der Waals surface area contributed by atoms with Crippen LogP contribution in [0.25, 0.3) is 121 Å². The van der Waals surface area contributed by atoms with Gasteiger partial charge < -0.3 is 8.83 Å². The smallest absolute Gasteiger partial charge is 0.164 e. The summed E-state index contributed by atoms with van der Waals surface area (Å²) in [5.74, 6) is 1.73. The number of nitrogens with zero attached hydrogens (tertiary/aromatic N) is 3. The molecule has 0 aliphatic carbocycles. The third-order valence-corrected chi connectivity index (χ3v) is 11.1. The Morgan fingerprint density at radius 1 is 0.286 bits per heavy atom. The number of rotatable bonds is 4. The summed E-state index contributed by atoms with van der Waals surface area (Å²) < 4.78 is 12.9. The molecule has 0 N–H and O–H groups in total. The fourth-order valence-electron chi connectivity index (χ4n) is 8.58. The van der Waals surface area contributed by atoms with Crippen molar-refractivity contribution < 1.29 is 8.83 Å². The third kappa shape index (κ3) is 4.64. The average Bonchev–Trinajstić information content (AvgIpc) is 3.84. The van der Waals surface area contributed by atoms with Gasteiger partial charge in [-0.05, 0) is 79.8 Å². The highest BCUT2D eigenvalue weighted by atomic mass is 16.3. The van der Waals surface area contributed by atoms with Crippen LogP contribution in [0.4, 0.5) is 0 Å². The maximum absolute atomic E-state index is 6.57. The van der Waals surface area contributed by atoms with Crippen LogP contribution in [-0.2, 0) is 0 Å². The Kier molecular flexibility index (Phi) is 6.56. The molecule has 260 valence electrons. The Labute approximate surface area is 320 Å². The fourth-order valence-corrected chi connectivity index (χ4v) is 8.58. The Balaban J connectivity index is 1.17. The van der Waals surface area contributed by atoms with E-state index in [1.165, 1.54) is 21.5 Å². The first-order valence-corrected chi connectivity index (χ1v) is 18.8. The van der Waals surface area contributed by atoms with Gasteiger partial charge in [-0.1, -0.05) is 140 Å². The molecule has 3 aromatic heterocycles. The number of aromatic nitrogens is 3. The largest absolute Gasteiger partial charge is 0.456 e. The first-order chi connectivity index (χ1) is 27.7. The van der Waals surface area contributed by atoms with Crippen molar-refractivity contribution in [3.63, 3.8) is 0 Å². The highest BCUT2D eigenvalue weighted by Gasteiger charge is 2.22. The molecule has 0 bridgehead atoms. The van der Waals surface area contributed by atoms with E-state index in [0.29, 0.717) is 17.5 Å². The zero-order chi connectivity index (χ0) is 36.7. The molecule has 3 heterocycles. The molecule has 5 nitrogen and oxygen atoms in total. The van der Waals surface area contributed by atoms with E-state index in [2.05, 4.69) is 127 Å². The molecule has 0 unspecified atom stereocenters. The van der Waals surface area contributed by atoms with Gasteiger partial charge in [-0.15, -0.1) is 0 Å². The molecule has 0 fully saturated rings. The van der Waals surface area contributed by atoms with E-state index in [4.69, 9.17) is 23.8 Å². The van der Waals surface area contributed by atoms with Crippen molar-refractivity contribution in [1.29, 1.82) is 0 Å². The number of para-hydroxylation sites is 1. The summed E-state index contributed by atoms with van der Waals surface area (Å²) in [6, 6.07) is 60.9. The zero-order valence-corrected chi connectivity index (χ0v) is 29.9. The predicted octanol–water partition coefficient (Wildman–Crippen LogP) is 13.8. The minimum atomic E-state index is 0.567. The van der Waals surface area contributed by atoms with E-state index in [0.717, 1.165) is 82.5 Å². The summed E-state index contributed by atoms with van der Waals surface area (Å²) >= 11 is 0. The van der Waals surface area contributed by atoms with Crippen LogP contribution in [0.2, 0.25) is 0 Å². The van der Waals surface area contributed by atoms with Crippen molar-refractivity contribution in [2.75, 3.05) is 0 Å². The molecule has 12 aromatic rings. The quantitative estimate of drug-likeness (QED) is 0.170. The zero-order valence-electron chi connectivity index (χ0n) is 29.9. The molecule has 0 aliphatic heterocycles. The van der Waals surface area contributed by atoms with Gasteiger partial charge in [0.1, 0.15) is 22.3 Å². The topological polar surface area (TPSA) is 65.0 Å². The van der Waals surface area contributed by atoms with Gasteiger partial charge in [-0.3, -0.25) is 0 Å². The van der Waals surface area contributed by atoms with Crippen molar-refractivity contribution in [1.82, 2.24) is 15.0 Å². The molecule has 0 spiro atoms. The van der Waals surface area contributed by atoms with E-state index in [1.54, 1.807) is 0 Å². The molecule has 12 rings (SSSR count). The maximum Gasteiger partial charge on any atom is 0.164 e. The number of furan rings is 2. The summed E-state index contributed by atoms with van der Waals surface area (Å²) in [4.78, 5) is 16.1. The third-order valence-electron chi connectivity index (χ3n) is 11.1. The van der Waals surface area contributed by atoms with Crippen LogP contribution in [0.3, 0.4) is 0 Å². The lowest BCUT2D eigenvalue weighted by molar-refractivity contribution is 0.668. The molecular formula is C51H29N3O2. The van der Waals surface area contributed by atoms with Crippen molar-refractivity contribution in [3.8, 4) is 45.3 Å². The molecule has 0 aliphatic rings. The Bertz CT molecular complexity index is 3530. The molecule has 0 saturated heterocycles. The van der Waals surface area contributed by atoms with Crippen LogP contribution < -0.4 is 0 Å². The van der Waals surface area contributed by atoms with E-state index in [1.807, 2.05) is 48.5 Å². The van der Waals surface area contributed by atoms with Crippen LogP contribution in [0, 0.1) is 0 Å². The number of benzene rings is 9. The normalized spacial score (nSPS) is 11.9. The van der Waals surface area contributed by atoms with Gasteiger partial charge in [0.2, 0.25) is 0 Å². The SMILES string of the molecule is c1ccc(-c2ccc3c(c2)oc2cccc(-c4nc(-c5cc6ccccc6c6c5ccc5ccccc56)nc(-c5cccc6oc7ccccc7c56)n4)c23)cc1. The summed E-state index contributed by atoms with van der Waals surface area (Å²) in [5.41, 5.74) is 8.12. The summed E-state index contributed by atoms with van der Waals surface area (Å²) in [6.07, 6.45) is 0. The molecule has 9 aromatic carbocycles. The van der Waals surface area contributed by atoms with Crippen molar-refractivity contribution in [3.05, 3.63) is 176 Å². The van der Waals surface area contributed by atoms with Crippen molar-refractivity contribution in [2.24, 2.45) is 0 Å². The second-order valence-electron chi connectivity index (χ2n) is 14.3. The Hall–Kier alpha value is -7.63. The van der Waals surface area contributed by atoms with Gasteiger partial charge in [0.15, 0.2) is 17.5 Å². The number of hydrogen-bond acceptors (Lipinski definition) is 5. The first-order valence-electron chi connectivity index (χ1n) is 18.8. The van der Waals surface area contributed by atoms with Gasteiger partial charge in [-0.2, -0.15) is 0 Å². The summed E-state index contributed by atoms with van der Waals surface area (Å²) in [7, 11) is 0. The number of fused-ring (bicyclic) bond motifs is 11. The van der Waals surface area contributed by atoms with Crippen LogP contribution in [0.15, 0.2) is 185 Å². The molecule has 5 heteroatoms. The van der Waals surface area contributed by atoms with Crippen LogP contribution >= 0.6 is 0 Å². The Morgan fingerprint density at radius 2 is 0.821 bits per heavy atom. The second-order valence-corrected chi connectivity index (χ2v) is 14.3. The maximum atomic E-state index is 6.57. The lowest BCUT2D eigenvalue weighted by Gasteiger charge is -2.14. The molecule has 0 saturated carbocycles. The molecule has 0 amide bonds. The minimum Gasteiger partial charge on any atom is -0.456 e. The van der Waals surface area contributed by atoms with E-state index < -0.39 is 0 Å². The van der Waals surface area contributed by atoms with Crippen molar-refractivity contribution >= 4 is 76.2 Å². The van der Waals surface area contributed by atoms with E-state index in [-0.39, 0.29) is 0 Å². The van der Waals surface area contributed by atoms with Crippen LogP contribution in [0.1, 0.15) is 0 Å². The van der Waals surface area contributed by atoms with Gasteiger partial charge in [0.25, 0.3) is 0 Å². The van der Waals surface area contributed by atoms with E-state index >= 15 is 0 Å². The lowest BCUT2D eigenvalue weighted by atomic mass is 9.92. The first kappa shape index (κ1) is 30.8. The molecule has 0 atom stereocenters. The monoisotopic (exact) mass is 715 g/mol. The Morgan fingerprint density at radius 3 is 1.55 bits per heavy atom. The second kappa shape index (κ2) is 11.9. The summed E-state index contributed by atoms with van der Waals surface area (Å²) in [6.45, 7) is 0. The average molecular weight is 716 g/mol. The highest BCUT2D eigenvalue weighted by molar-refractivity contribution is 6.24. The molecule has 56 heavy (non-hydrogen) atoms. The van der Waals surface area contributed by atoms with Crippen molar-refractivity contribution in [2.45, 2.75) is 0 Å². The molecule has 0 radical (unpaired) electrons. The van der Waals surface area contributed by atoms with Crippen LogP contribution in [-0.4, -0.2) is 15.0 Å². The number of hydrogen-bond donors (Lipinski definition) is 0. The van der Waals surface area contributed by atoms with E-state index in [9.17, 15) is 0 Å². The van der Waals surface area contributed by atoms with Gasteiger partial charge >= 0.3 is 0 Å². The fraction of sp³-hybridized carbons (Fsp3) is 0. The highest BCUT2D eigenvalue weighted by Crippen LogP contribution is 2.42. The predicted molar refractivity (Wildman–Crippen MR) is 229 cm³/mol. The van der Waals surface area contributed by atoms with Crippen LogP contribution in [0.5, 0.6) is 0 Å². The minimum absolute atomic E-state index is 0.567. The lowest BCUT2D eigenvalue weighted by Crippen LogP contribution is -2.01. The van der Waals surface area contributed by atoms with Gasteiger partial charge in [-0.25, -0.2) is 15.0 Å². The summed E-state index contributed by atoms with van der Waals surface area (Å²) in [5, 5.41) is 10.9. The standard InChI is InChI=1S/C51H29N3O2/c1-2-12-30(13-3-1)32-25-27-38-45(29-32)56-44-23-11-20-40(48(38)44)50-52-49(39-19-10-22-43-47(39)37-18-8-9-21-42(37)55-43)53-51(54-50)41-28-33-15-5-7-17-35(33)46-34-16-6-4-14-31(34)24-26-36(41)46/h1-29H. The van der Waals surface area contributed by atoms with Gasteiger partial charge in [0.05, 0.1) is 0 Å². The molecular weight excluding hydrogens is 687 g/mol.